The molecule has 0 bridgehead atoms. The van der Waals surface area contributed by atoms with Crippen LogP contribution in [-0.4, -0.2) is 42.5 Å². The molecular weight excluding hydrogens is 322 g/mol. The molecule has 0 saturated carbocycles. The maximum absolute atomic E-state index is 13.3. The van der Waals surface area contributed by atoms with Crippen LogP contribution >= 0.6 is 0 Å². The molecule has 0 radical (unpaired) electrons. The van der Waals surface area contributed by atoms with Gasteiger partial charge in [-0.25, -0.2) is 4.98 Å². The summed E-state index contributed by atoms with van der Waals surface area (Å²) < 4.78 is 0. The number of nitrogens with one attached hydrogen (secondary N) is 1. The van der Waals surface area contributed by atoms with E-state index in [2.05, 4.69) is 5.32 Å². The summed E-state index contributed by atoms with van der Waals surface area (Å²) in [6.07, 6.45) is 1.06. The predicted molar refractivity (Wildman–Crippen MR) is 105 cm³/mol. The lowest BCUT2D eigenvalue weighted by molar-refractivity contribution is 0.0789. The molecule has 1 aromatic heterocycles. The lowest BCUT2D eigenvalue weighted by Crippen LogP contribution is -2.30. The minimum absolute atomic E-state index is 0.111. The van der Waals surface area contributed by atoms with Crippen molar-refractivity contribution in [3.8, 4) is 11.3 Å². The molecule has 1 fully saturated rings. The molecule has 1 aliphatic rings. The van der Waals surface area contributed by atoms with Crippen molar-refractivity contribution in [2.75, 3.05) is 26.7 Å². The predicted octanol–water partition coefficient (Wildman–Crippen LogP) is 3.58. The second-order valence-electron chi connectivity index (χ2n) is 6.90. The van der Waals surface area contributed by atoms with Crippen LogP contribution in [0.5, 0.6) is 0 Å². The number of para-hydroxylation sites is 1. The third-order valence-corrected chi connectivity index (χ3v) is 5.08. The van der Waals surface area contributed by atoms with Crippen LogP contribution in [0, 0.1) is 5.92 Å². The highest BCUT2D eigenvalue weighted by molar-refractivity contribution is 6.07. The number of pyridine rings is 1. The minimum atomic E-state index is 0.111. The lowest BCUT2D eigenvalue weighted by Gasteiger charge is -2.18. The summed E-state index contributed by atoms with van der Waals surface area (Å²) in [4.78, 5) is 20.0. The second kappa shape index (κ2) is 7.26. The van der Waals surface area contributed by atoms with Gasteiger partial charge in [-0.05, 0) is 38.1 Å². The van der Waals surface area contributed by atoms with Crippen molar-refractivity contribution >= 4 is 16.8 Å². The van der Waals surface area contributed by atoms with Gasteiger partial charge in [-0.1, -0.05) is 48.5 Å². The van der Waals surface area contributed by atoms with Crippen molar-refractivity contribution < 1.29 is 4.79 Å². The van der Waals surface area contributed by atoms with Crippen molar-refractivity contribution in [3.05, 3.63) is 66.2 Å². The van der Waals surface area contributed by atoms with Crippen LogP contribution in [0.1, 0.15) is 16.8 Å². The Kier molecular flexibility index (Phi) is 4.67. The monoisotopic (exact) mass is 345 g/mol. The van der Waals surface area contributed by atoms with E-state index in [1.165, 1.54) is 0 Å². The van der Waals surface area contributed by atoms with Crippen LogP contribution < -0.4 is 5.32 Å². The number of carbonyl (C=O) groups excluding carboxylic acids is 1. The van der Waals surface area contributed by atoms with Crippen molar-refractivity contribution in [1.82, 2.24) is 15.2 Å². The first-order valence-electron chi connectivity index (χ1n) is 9.15. The maximum Gasteiger partial charge on any atom is 0.254 e. The van der Waals surface area contributed by atoms with E-state index in [-0.39, 0.29) is 5.91 Å². The highest BCUT2D eigenvalue weighted by Crippen LogP contribution is 2.27. The fourth-order valence-corrected chi connectivity index (χ4v) is 3.75. The fraction of sp³-hybridized carbons (Fsp3) is 0.273. The summed E-state index contributed by atoms with van der Waals surface area (Å²) in [6, 6.07) is 19.9. The van der Waals surface area contributed by atoms with Crippen LogP contribution in [0.2, 0.25) is 0 Å². The van der Waals surface area contributed by atoms with E-state index in [1.807, 2.05) is 72.6 Å². The Bertz CT molecular complexity index is 923. The summed E-state index contributed by atoms with van der Waals surface area (Å²) in [5, 5.41) is 4.15. The summed E-state index contributed by atoms with van der Waals surface area (Å²) in [5.41, 5.74) is 3.49. The molecule has 1 saturated heterocycles. The van der Waals surface area contributed by atoms with E-state index in [0.29, 0.717) is 5.92 Å². The molecule has 1 atom stereocenters. The van der Waals surface area contributed by atoms with Crippen LogP contribution in [0.4, 0.5) is 0 Å². The van der Waals surface area contributed by atoms with Gasteiger partial charge in [0.05, 0.1) is 16.8 Å². The number of nitrogens with zero attached hydrogens (tertiary/aromatic N) is 2. The van der Waals surface area contributed by atoms with E-state index in [4.69, 9.17) is 4.98 Å². The summed E-state index contributed by atoms with van der Waals surface area (Å²) in [6.45, 7) is 2.59. The van der Waals surface area contributed by atoms with E-state index in [0.717, 1.165) is 53.8 Å². The van der Waals surface area contributed by atoms with Crippen molar-refractivity contribution in [2.24, 2.45) is 5.92 Å². The maximum atomic E-state index is 13.3. The zero-order chi connectivity index (χ0) is 17.9. The van der Waals surface area contributed by atoms with Gasteiger partial charge in [-0.15, -0.1) is 0 Å². The van der Waals surface area contributed by atoms with Gasteiger partial charge in [0.2, 0.25) is 0 Å². The number of hydrogen-bond donors (Lipinski definition) is 1. The molecule has 2 heterocycles. The van der Waals surface area contributed by atoms with Gasteiger partial charge in [0.25, 0.3) is 5.91 Å². The Labute approximate surface area is 153 Å². The number of rotatable bonds is 4. The summed E-state index contributed by atoms with van der Waals surface area (Å²) in [7, 11) is 1.97. The number of amides is 1. The van der Waals surface area contributed by atoms with Gasteiger partial charge in [-0.3, -0.25) is 4.79 Å². The van der Waals surface area contributed by atoms with E-state index >= 15 is 0 Å². The Morgan fingerprint density at radius 3 is 2.73 bits per heavy atom. The lowest BCUT2D eigenvalue weighted by atomic mass is 10.0. The Hall–Kier alpha value is -2.72. The van der Waals surface area contributed by atoms with Gasteiger partial charge >= 0.3 is 0 Å². The van der Waals surface area contributed by atoms with Crippen LogP contribution in [0.25, 0.3) is 22.2 Å². The molecule has 26 heavy (non-hydrogen) atoms. The average Bonchev–Trinajstić information content (AvgIpc) is 3.16. The molecule has 1 N–H and O–H groups in total. The highest BCUT2D eigenvalue weighted by atomic mass is 16.2. The van der Waals surface area contributed by atoms with Crippen LogP contribution in [0.3, 0.4) is 0 Å². The molecule has 132 valence electrons. The molecule has 0 aliphatic carbocycles. The van der Waals surface area contributed by atoms with Gasteiger partial charge < -0.3 is 10.2 Å². The fourth-order valence-electron chi connectivity index (χ4n) is 3.75. The molecular formula is C22H23N3O. The minimum Gasteiger partial charge on any atom is -0.338 e. The van der Waals surface area contributed by atoms with Crippen molar-refractivity contribution in [3.63, 3.8) is 0 Å². The third-order valence-electron chi connectivity index (χ3n) is 5.08. The topological polar surface area (TPSA) is 45.2 Å². The highest BCUT2D eigenvalue weighted by Gasteiger charge is 2.27. The van der Waals surface area contributed by atoms with Crippen LogP contribution in [0.15, 0.2) is 60.7 Å². The molecule has 0 spiro atoms. The van der Waals surface area contributed by atoms with Crippen molar-refractivity contribution in [1.29, 1.82) is 0 Å². The zero-order valence-electron chi connectivity index (χ0n) is 15.0. The zero-order valence-corrected chi connectivity index (χ0v) is 15.0. The average molecular weight is 345 g/mol. The quantitative estimate of drug-likeness (QED) is 0.786. The van der Waals surface area contributed by atoms with E-state index in [1.54, 1.807) is 0 Å². The SMILES string of the molecule is CNCC1CCN(C(=O)c2cc(-c3ccccc3)nc3ccccc23)C1. The number of carbonyl (C=O) groups is 1. The first-order chi connectivity index (χ1) is 12.8. The van der Waals surface area contributed by atoms with Gasteiger partial charge in [0, 0.05) is 24.0 Å². The molecule has 1 aliphatic heterocycles. The molecule has 1 unspecified atom stereocenters. The molecule has 1 amide bonds. The van der Waals surface area contributed by atoms with Gasteiger partial charge in [0.1, 0.15) is 0 Å². The first-order valence-corrected chi connectivity index (χ1v) is 9.15. The normalized spacial score (nSPS) is 17.0. The standard InChI is InChI=1S/C22H23N3O/c1-23-14-16-11-12-25(15-16)22(26)19-13-21(17-7-3-2-4-8-17)24-20-10-6-5-9-18(19)20/h2-10,13,16,23H,11-12,14-15H2,1H3. The second-order valence-corrected chi connectivity index (χ2v) is 6.90. The summed E-state index contributed by atoms with van der Waals surface area (Å²) in [5.74, 6) is 0.644. The van der Waals surface area contributed by atoms with Gasteiger partial charge in [-0.2, -0.15) is 0 Å². The smallest absolute Gasteiger partial charge is 0.254 e. The Morgan fingerprint density at radius 2 is 1.92 bits per heavy atom. The number of benzene rings is 2. The number of likely N-dealkylation sites (tertiary alicyclic amines) is 1. The summed E-state index contributed by atoms with van der Waals surface area (Å²) >= 11 is 0. The largest absolute Gasteiger partial charge is 0.338 e. The first kappa shape index (κ1) is 16.7. The Morgan fingerprint density at radius 1 is 1.15 bits per heavy atom. The number of hydrogen-bond acceptors (Lipinski definition) is 3. The molecule has 4 rings (SSSR count). The van der Waals surface area contributed by atoms with E-state index < -0.39 is 0 Å². The number of fused-ring (bicyclic) bond motifs is 1. The number of aromatic nitrogens is 1. The van der Waals surface area contributed by atoms with E-state index in [9.17, 15) is 4.79 Å². The third kappa shape index (κ3) is 3.20. The molecule has 3 aromatic rings. The Balaban J connectivity index is 1.75. The molecule has 4 heteroatoms. The molecule has 2 aromatic carbocycles. The molecule has 4 nitrogen and oxygen atoms in total. The van der Waals surface area contributed by atoms with Gasteiger partial charge in [0.15, 0.2) is 0 Å². The van der Waals surface area contributed by atoms with Crippen molar-refractivity contribution in [2.45, 2.75) is 6.42 Å². The van der Waals surface area contributed by atoms with Crippen LogP contribution in [-0.2, 0) is 0 Å².